The number of nitrogens with zero attached hydrogens (tertiary/aromatic N) is 2. The van der Waals surface area contributed by atoms with E-state index in [1.165, 1.54) is 49.4 Å². The molecule has 3 heteroatoms. The molecule has 0 amide bonds. The molecule has 1 N–H and O–H groups in total. The van der Waals surface area contributed by atoms with Crippen LogP contribution in [0.1, 0.15) is 51.3 Å². The van der Waals surface area contributed by atoms with Gasteiger partial charge >= 0.3 is 0 Å². The summed E-state index contributed by atoms with van der Waals surface area (Å²) in [6.07, 6.45) is 4.99. The highest BCUT2D eigenvalue weighted by atomic mass is 15.2. The van der Waals surface area contributed by atoms with Crippen molar-refractivity contribution in [1.29, 1.82) is 0 Å². The quantitative estimate of drug-likeness (QED) is 0.827. The molecule has 0 spiro atoms. The summed E-state index contributed by atoms with van der Waals surface area (Å²) in [6, 6.07) is 4.52. The van der Waals surface area contributed by atoms with Crippen LogP contribution in [-0.2, 0) is 13.0 Å². The lowest BCUT2D eigenvalue weighted by atomic mass is 10.0. The Bertz CT molecular complexity index is 417. The van der Waals surface area contributed by atoms with Crippen LogP contribution in [0.15, 0.2) is 12.1 Å². The summed E-state index contributed by atoms with van der Waals surface area (Å²) >= 11 is 0. The SMILES string of the molecule is CCCC1CCN(c2cc(CNCC)cc(CC)n2)C1. The van der Waals surface area contributed by atoms with Gasteiger partial charge < -0.3 is 10.2 Å². The highest BCUT2D eigenvalue weighted by molar-refractivity contribution is 5.44. The molecule has 112 valence electrons. The van der Waals surface area contributed by atoms with Crippen LogP contribution in [0.5, 0.6) is 0 Å². The van der Waals surface area contributed by atoms with Crippen LogP contribution in [0.4, 0.5) is 5.82 Å². The monoisotopic (exact) mass is 275 g/mol. The molecule has 3 nitrogen and oxygen atoms in total. The second-order valence-corrected chi connectivity index (χ2v) is 5.85. The maximum absolute atomic E-state index is 4.83. The number of aryl methyl sites for hydroxylation is 1. The van der Waals surface area contributed by atoms with E-state index in [1.807, 2.05) is 0 Å². The molecule has 2 rings (SSSR count). The molecule has 1 saturated heterocycles. The Kier molecular flexibility index (Phi) is 5.84. The summed E-state index contributed by atoms with van der Waals surface area (Å²) in [5, 5.41) is 3.42. The number of rotatable bonds is 7. The van der Waals surface area contributed by atoms with Gasteiger partial charge in [-0.2, -0.15) is 0 Å². The molecule has 1 aliphatic rings. The van der Waals surface area contributed by atoms with Crippen LogP contribution in [0.3, 0.4) is 0 Å². The second kappa shape index (κ2) is 7.63. The topological polar surface area (TPSA) is 28.2 Å². The van der Waals surface area contributed by atoms with Gasteiger partial charge in [0.25, 0.3) is 0 Å². The van der Waals surface area contributed by atoms with Gasteiger partial charge in [0.05, 0.1) is 0 Å². The minimum atomic E-state index is 0.865. The first kappa shape index (κ1) is 15.3. The van der Waals surface area contributed by atoms with E-state index in [-0.39, 0.29) is 0 Å². The van der Waals surface area contributed by atoms with E-state index in [0.29, 0.717) is 0 Å². The van der Waals surface area contributed by atoms with Crippen LogP contribution < -0.4 is 10.2 Å². The van der Waals surface area contributed by atoms with Gasteiger partial charge in [-0.1, -0.05) is 27.2 Å². The molecule has 20 heavy (non-hydrogen) atoms. The molecule has 1 atom stereocenters. The molecule has 1 unspecified atom stereocenters. The molecule has 2 heterocycles. The number of hydrogen-bond acceptors (Lipinski definition) is 3. The Morgan fingerprint density at radius 3 is 2.85 bits per heavy atom. The second-order valence-electron chi connectivity index (χ2n) is 5.85. The molecule has 1 aromatic heterocycles. The minimum Gasteiger partial charge on any atom is -0.356 e. The van der Waals surface area contributed by atoms with Gasteiger partial charge in [-0.3, -0.25) is 0 Å². The highest BCUT2D eigenvalue weighted by Crippen LogP contribution is 2.26. The summed E-state index contributed by atoms with van der Waals surface area (Å²) in [5.41, 5.74) is 2.59. The summed E-state index contributed by atoms with van der Waals surface area (Å²) in [6.45, 7) is 10.9. The third-order valence-corrected chi connectivity index (χ3v) is 4.17. The Labute approximate surface area is 123 Å². The van der Waals surface area contributed by atoms with E-state index in [9.17, 15) is 0 Å². The lowest BCUT2D eigenvalue weighted by molar-refractivity contribution is 0.529. The van der Waals surface area contributed by atoms with E-state index >= 15 is 0 Å². The third-order valence-electron chi connectivity index (χ3n) is 4.17. The number of pyridine rings is 1. The molecule has 1 aromatic rings. The number of hydrogen-bond donors (Lipinski definition) is 1. The lowest BCUT2D eigenvalue weighted by Gasteiger charge is -2.19. The van der Waals surface area contributed by atoms with Crippen molar-refractivity contribution in [3.8, 4) is 0 Å². The van der Waals surface area contributed by atoms with Crippen molar-refractivity contribution in [3.05, 3.63) is 23.4 Å². The Morgan fingerprint density at radius 1 is 1.30 bits per heavy atom. The third kappa shape index (κ3) is 3.95. The summed E-state index contributed by atoms with van der Waals surface area (Å²) in [7, 11) is 0. The molecule has 0 aliphatic carbocycles. The zero-order valence-corrected chi connectivity index (χ0v) is 13.3. The van der Waals surface area contributed by atoms with Crippen molar-refractivity contribution in [2.45, 2.75) is 53.0 Å². The van der Waals surface area contributed by atoms with Gasteiger partial charge in [-0.05, 0) is 49.4 Å². The minimum absolute atomic E-state index is 0.865. The number of aromatic nitrogens is 1. The van der Waals surface area contributed by atoms with Crippen LogP contribution in [0, 0.1) is 5.92 Å². The Hall–Kier alpha value is -1.09. The summed E-state index contributed by atoms with van der Waals surface area (Å²) < 4.78 is 0. The van der Waals surface area contributed by atoms with Crippen molar-refractivity contribution in [1.82, 2.24) is 10.3 Å². The predicted octanol–water partition coefficient (Wildman–Crippen LogP) is 3.38. The zero-order valence-electron chi connectivity index (χ0n) is 13.3. The normalized spacial score (nSPS) is 18.8. The molecular formula is C17H29N3. The van der Waals surface area contributed by atoms with E-state index in [2.05, 4.69) is 43.1 Å². The molecule has 1 fully saturated rings. The fourth-order valence-corrected chi connectivity index (χ4v) is 3.03. The fraction of sp³-hybridized carbons (Fsp3) is 0.706. The Morgan fingerprint density at radius 2 is 2.15 bits per heavy atom. The maximum Gasteiger partial charge on any atom is 0.129 e. The zero-order chi connectivity index (χ0) is 14.4. The molecule has 0 aromatic carbocycles. The van der Waals surface area contributed by atoms with Crippen molar-refractivity contribution < 1.29 is 0 Å². The first-order valence-corrected chi connectivity index (χ1v) is 8.22. The van der Waals surface area contributed by atoms with Crippen molar-refractivity contribution in [3.63, 3.8) is 0 Å². The highest BCUT2D eigenvalue weighted by Gasteiger charge is 2.23. The van der Waals surface area contributed by atoms with Crippen LogP contribution in [0.25, 0.3) is 0 Å². The van der Waals surface area contributed by atoms with Crippen molar-refractivity contribution in [2.24, 2.45) is 5.92 Å². The van der Waals surface area contributed by atoms with E-state index < -0.39 is 0 Å². The van der Waals surface area contributed by atoms with E-state index in [4.69, 9.17) is 4.98 Å². The molecule has 0 saturated carbocycles. The molecule has 0 radical (unpaired) electrons. The first-order valence-electron chi connectivity index (χ1n) is 8.22. The average Bonchev–Trinajstić information content (AvgIpc) is 2.94. The van der Waals surface area contributed by atoms with Crippen molar-refractivity contribution >= 4 is 5.82 Å². The maximum atomic E-state index is 4.83. The lowest BCUT2D eigenvalue weighted by Crippen LogP contribution is -2.22. The fourth-order valence-electron chi connectivity index (χ4n) is 3.03. The van der Waals surface area contributed by atoms with Crippen LogP contribution in [-0.4, -0.2) is 24.6 Å². The largest absolute Gasteiger partial charge is 0.356 e. The first-order chi connectivity index (χ1) is 9.76. The van der Waals surface area contributed by atoms with E-state index in [0.717, 1.165) is 25.4 Å². The molecular weight excluding hydrogens is 246 g/mol. The van der Waals surface area contributed by atoms with Crippen LogP contribution >= 0.6 is 0 Å². The van der Waals surface area contributed by atoms with Gasteiger partial charge in [0.2, 0.25) is 0 Å². The van der Waals surface area contributed by atoms with Gasteiger partial charge in [-0.25, -0.2) is 4.98 Å². The van der Waals surface area contributed by atoms with E-state index in [1.54, 1.807) is 0 Å². The average molecular weight is 275 g/mol. The number of anilines is 1. The number of nitrogens with one attached hydrogen (secondary N) is 1. The molecule has 0 bridgehead atoms. The van der Waals surface area contributed by atoms with Gasteiger partial charge in [0, 0.05) is 25.3 Å². The van der Waals surface area contributed by atoms with Gasteiger partial charge in [0.1, 0.15) is 5.82 Å². The predicted molar refractivity (Wildman–Crippen MR) is 86.2 cm³/mol. The molecule has 1 aliphatic heterocycles. The van der Waals surface area contributed by atoms with Gasteiger partial charge in [-0.15, -0.1) is 0 Å². The van der Waals surface area contributed by atoms with Crippen LogP contribution in [0.2, 0.25) is 0 Å². The Balaban J connectivity index is 2.10. The summed E-state index contributed by atoms with van der Waals surface area (Å²) in [5.74, 6) is 2.06. The smallest absolute Gasteiger partial charge is 0.129 e. The van der Waals surface area contributed by atoms with Gasteiger partial charge in [0.15, 0.2) is 0 Å². The van der Waals surface area contributed by atoms with Crippen molar-refractivity contribution in [2.75, 3.05) is 24.5 Å². The standard InChI is InChI=1S/C17H29N3/c1-4-7-14-8-9-20(13-14)17-11-15(12-18-6-3)10-16(5-2)19-17/h10-11,14,18H,4-9,12-13H2,1-3H3. The summed E-state index contributed by atoms with van der Waals surface area (Å²) in [4.78, 5) is 7.32.